The summed E-state index contributed by atoms with van der Waals surface area (Å²) in [5.74, 6) is -1.29. The minimum atomic E-state index is -0.808. The van der Waals surface area contributed by atoms with Gasteiger partial charge in [0.1, 0.15) is 0 Å². The highest BCUT2D eigenvalue weighted by Crippen LogP contribution is 2.22. The predicted octanol–water partition coefficient (Wildman–Crippen LogP) is 1.93. The van der Waals surface area contributed by atoms with Crippen LogP contribution in [0.4, 0.5) is 0 Å². The van der Waals surface area contributed by atoms with Gasteiger partial charge in [-0.05, 0) is 36.9 Å². The molecule has 0 saturated heterocycles. The van der Waals surface area contributed by atoms with Crippen LogP contribution in [0.1, 0.15) is 17.9 Å². The molecule has 0 aliphatic rings. The summed E-state index contributed by atoms with van der Waals surface area (Å²) >= 11 is 1.64. The molecule has 1 aromatic carbocycles. The third-order valence-electron chi connectivity index (χ3n) is 2.27. The quantitative estimate of drug-likeness (QED) is 0.751. The van der Waals surface area contributed by atoms with Crippen LogP contribution in [0.25, 0.3) is 0 Å². The average Bonchev–Trinajstić information content (AvgIpc) is 2.26. The second-order valence-electron chi connectivity index (χ2n) is 3.24. The first kappa shape index (κ1) is 12.1. The van der Waals surface area contributed by atoms with Crippen LogP contribution in [0.3, 0.4) is 0 Å². The molecule has 15 heavy (non-hydrogen) atoms. The Balaban J connectivity index is 2.86. The zero-order valence-corrected chi connectivity index (χ0v) is 9.46. The Hall–Kier alpha value is -1.00. The minimum absolute atomic E-state index is 0.390. The topological polar surface area (TPSA) is 63.3 Å². The molecule has 0 aromatic heterocycles. The summed E-state index contributed by atoms with van der Waals surface area (Å²) < 4.78 is 0. The highest BCUT2D eigenvalue weighted by Gasteiger charge is 2.18. The Bertz CT molecular complexity index is 324. The Morgan fingerprint density at radius 1 is 1.47 bits per heavy atom. The van der Waals surface area contributed by atoms with E-state index < -0.39 is 11.9 Å². The van der Waals surface area contributed by atoms with Crippen LogP contribution in [0, 0.1) is 0 Å². The maximum Gasteiger partial charge on any atom is 0.311 e. The van der Waals surface area contributed by atoms with Crippen LogP contribution < -0.4 is 5.73 Å². The lowest BCUT2D eigenvalue weighted by atomic mass is 9.96. The average molecular weight is 225 g/mol. The molecular formula is C11H15NO2S. The molecule has 0 aliphatic heterocycles. The van der Waals surface area contributed by atoms with Crippen LogP contribution in [0.5, 0.6) is 0 Å². The number of hydrogen-bond acceptors (Lipinski definition) is 3. The van der Waals surface area contributed by atoms with Crippen molar-refractivity contribution in [2.24, 2.45) is 5.73 Å². The van der Waals surface area contributed by atoms with E-state index in [0.717, 1.165) is 10.5 Å². The van der Waals surface area contributed by atoms with E-state index in [1.54, 1.807) is 11.8 Å². The fourth-order valence-electron chi connectivity index (χ4n) is 1.44. The molecule has 3 N–H and O–H groups in total. The van der Waals surface area contributed by atoms with Crippen LogP contribution in [-0.2, 0) is 4.79 Å². The molecule has 0 amide bonds. The highest BCUT2D eigenvalue weighted by molar-refractivity contribution is 7.98. The van der Waals surface area contributed by atoms with E-state index >= 15 is 0 Å². The van der Waals surface area contributed by atoms with Crippen LogP contribution in [-0.4, -0.2) is 23.9 Å². The van der Waals surface area contributed by atoms with E-state index in [0.29, 0.717) is 13.0 Å². The number of thioether (sulfide) groups is 1. The third kappa shape index (κ3) is 3.25. The molecule has 1 aromatic rings. The maximum absolute atomic E-state index is 11.0. The number of carboxylic acids is 1. The van der Waals surface area contributed by atoms with E-state index in [4.69, 9.17) is 10.8 Å². The number of rotatable bonds is 5. The largest absolute Gasteiger partial charge is 0.481 e. The number of benzene rings is 1. The summed E-state index contributed by atoms with van der Waals surface area (Å²) in [7, 11) is 0. The van der Waals surface area contributed by atoms with Gasteiger partial charge in [-0.1, -0.05) is 12.1 Å². The molecule has 0 heterocycles. The van der Waals surface area contributed by atoms with Crippen LogP contribution >= 0.6 is 11.8 Å². The van der Waals surface area contributed by atoms with Gasteiger partial charge in [0.15, 0.2) is 0 Å². The number of carbonyl (C=O) groups is 1. The first-order valence-corrected chi connectivity index (χ1v) is 5.98. The Kier molecular flexibility index (Phi) is 4.65. The lowest BCUT2D eigenvalue weighted by molar-refractivity contribution is -0.138. The van der Waals surface area contributed by atoms with Crippen LogP contribution in [0.2, 0.25) is 0 Å². The fraction of sp³-hybridized carbons (Fsp3) is 0.364. The van der Waals surface area contributed by atoms with Crippen molar-refractivity contribution in [2.75, 3.05) is 12.8 Å². The molecule has 3 nitrogen and oxygen atoms in total. The summed E-state index contributed by atoms with van der Waals surface area (Å²) in [4.78, 5) is 12.1. The molecule has 4 heteroatoms. The number of hydrogen-bond donors (Lipinski definition) is 2. The summed E-state index contributed by atoms with van der Waals surface area (Å²) in [6.07, 6.45) is 2.47. The third-order valence-corrected chi connectivity index (χ3v) is 3.02. The monoisotopic (exact) mass is 225 g/mol. The summed E-state index contributed by atoms with van der Waals surface area (Å²) in [5, 5.41) is 9.02. The number of aliphatic carboxylic acids is 1. The molecule has 1 atom stereocenters. The van der Waals surface area contributed by atoms with Gasteiger partial charge in [0, 0.05) is 4.90 Å². The molecule has 82 valence electrons. The van der Waals surface area contributed by atoms with Crippen molar-refractivity contribution in [3.8, 4) is 0 Å². The standard InChI is InChI=1S/C11H15NO2S/c1-15-9-4-2-8(3-5-9)10(6-7-12)11(13)14/h2-5,10H,6-7,12H2,1H3,(H,13,14). The van der Waals surface area contributed by atoms with Gasteiger partial charge in [0.25, 0.3) is 0 Å². The smallest absolute Gasteiger partial charge is 0.311 e. The lowest BCUT2D eigenvalue weighted by Gasteiger charge is -2.11. The van der Waals surface area contributed by atoms with E-state index in [1.165, 1.54) is 0 Å². The molecule has 0 saturated carbocycles. The number of nitrogens with two attached hydrogens (primary N) is 1. The van der Waals surface area contributed by atoms with Crippen molar-refractivity contribution in [3.63, 3.8) is 0 Å². The first-order valence-electron chi connectivity index (χ1n) is 4.76. The van der Waals surface area contributed by atoms with Crippen molar-refractivity contribution >= 4 is 17.7 Å². The zero-order valence-electron chi connectivity index (χ0n) is 8.64. The highest BCUT2D eigenvalue weighted by atomic mass is 32.2. The van der Waals surface area contributed by atoms with Gasteiger partial charge in [-0.25, -0.2) is 0 Å². The molecule has 1 rings (SSSR count). The van der Waals surface area contributed by atoms with Crippen molar-refractivity contribution in [1.82, 2.24) is 0 Å². The van der Waals surface area contributed by atoms with Crippen molar-refractivity contribution in [1.29, 1.82) is 0 Å². The van der Waals surface area contributed by atoms with Gasteiger partial charge < -0.3 is 10.8 Å². The Morgan fingerprint density at radius 3 is 2.47 bits per heavy atom. The molecular weight excluding hydrogens is 210 g/mol. The normalized spacial score (nSPS) is 12.4. The van der Waals surface area contributed by atoms with E-state index in [-0.39, 0.29) is 0 Å². The molecule has 0 spiro atoms. The van der Waals surface area contributed by atoms with E-state index in [9.17, 15) is 4.79 Å². The zero-order chi connectivity index (χ0) is 11.3. The number of carboxylic acid groups (broad SMARTS) is 1. The van der Waals surface area contributed by atoms with Gasteiger partial charge in [0.05, 0.1) is 5.92 Å². The van der Waals surface area contributed by atoms with E-state index in [2.05, 4.69) is 0 Å². The molecule has 0 aliphatic carbocycles. The van der Waals surface area contributed by atoms with Gasteiger partial charge in [-0.2, -0.15) is 0 Å². The van der Waals surface area contributed by atoms with Crippen molar-refractivity contribution in [2.45, 2.75) is 17.2 Å². The summed E-state index contributed by atoms with van der Waals surface area (Å²) in [6.45, 7) is 0.390. The Morgan fingerprint density at radius 2 is 2.07 bits per heavy atom. The Labute approximate surface area is 93.7 Å². The second kappa shape index (κ2) is 5.78. The maximum atomic E-state index is 11.0. The SMILES string of the molecule is CSc1ccc(C(CCN)C(=O)O)cc1. The first-order chi connectivity index (χ1) is 7.19. The fourth-order valence-corrected chi connectivity index (χ4v) is 1.84. The van der Waals surface area contributed by atoms with Gasteiger partial charge >= 0.3 is 5.97 Å². The second-order valence-corrected chi connectivity index (χ2v) is 4.12. The van der Waals surface area contributed by atoms with E-state index in [1.807, 2.05) is 30.5 Å². The van der Waals surface area contributed by atoms with Crippen LogP contribution in [0.15, 0.2) is 29.2 Å². The van der Waals surface area contributed by atoms with Gasteiger partial charge in [-0.15, -0.1) is 11.8 Å². The molecule has 0 fully saturated rings. The molecule has 0 radical (unpaired) electrons. The molecule has 1 unspecified atom stereocenters. The minimum Gasteiger partial charge on any atom is -0.481 e. The van der Waals surface area contributed by atoms with Crippen molar-refractivity contribution < 1.29 is 9.90 Å². The predicted molar refractivity (Wildman–Crippen MR) is 62.3 cm³/mol. The summed E-state index contributed by atoms with van der Waals surface area (Å²) in [6, 6.07) is 7.60. The van der Waals surface area contributed by atoms with Gasteiger partial charge in [0.2, 0.25) is 0 Å². The lowest BCUT2D eigenvalue weighted by Crippen LogP contribution is -2.15. The summed E-state index contributed by atoms with van der Waals surface area (Å²) in [5.41, 5.74) is 6.22. The van der Waals surface area contributed by atoms with Crippen molar-refractivity contribution in [3.05, 3.63) is 29.8 Å². The molecule has 0 bridgehead atoms. The van der Waals surface area contributed by atoms with Gasteiger partial charge in [-0.3, -0.25) is 4.79 Å².